The second kappa shape index (κ2) is 8.21. The van der Waals surface area contributed by atoms with E-state index >= 15 is 0 Å². The Morgan fingerprint density at radius 3 is 1.91 bits per heavy atom. The van der Waals surface area contributed by atoms with Gasteiger partial charge in [-0.1, -0.05) is 72.8 Å². The smallest absolute Gasteiger partial charge is 0.101 e. The predicted molar refractivity (Wildman–Crippen MR) is 135 cm³/mol. The average molecular weight is 424 g/mol. The van der Waals surface area contributed by atoms with Crippen LogP contribution < -0.4 is 0 Å². The molecule has 0 fully saturated rings. The van der Waals surface area contributed by atoms with Gasteiger partial charge in [-0.05, 0) is 64.7 Å². The van der Waals surface area contributed by atoms with Crippen molar-refractivity contribution in [3.8, 4) is 39.2 Å². The third kappa shape index (κ3) is 3.60. The topological polar surface area (TPSA) is 30.7 Å². The maximum absolute atomic E-state index is 5.10. The van der Waals surface area contributed by atoms with Crippen LogP contribution in [0.4, 0.5) is 0 Å². The summed E-state index contributed by atoms with van der Waals surface area (Å²) in [6.45, 7) is 0. The summed E-state index contributed by atoms with van der Waals surface area (Å²) in [5, 5.41) is 6.24. The number of pyridine rings is 1. The zero-order chi connectivity index (χ0) is 22.0. The van der Waals surface area contributed by atoms with Crippen molar-refractivity contribution < 1.29 is 0 Å². The first-order valence-corrected chi connectivity index (χ1v) is 11.0. The Morgan fingerprint density at radius 1 is 0.485 bits per heavy atom. The molecule has 0 amide bonds. The normalized spacial score (nSPS) is 11.0. The summed E-state index contributed by atoms with van der Waals surface area (Å²) in [7, 11) is 0. The number of hydrogen-bond acceptors (Lipinski definition) is 2. The summed E-state index contributed by atoms with van der Waals surface area (Å²) >= 11 is 0. The van der Waals surface area contributed by atoms with Crippen LogP contribution >= 0.6 is 0 Å². The van der Waals surface area contributed by atoms with Gasteiger partial charge in [-0.15, -0.1) is 0 Å². The molecule has 0 spiro atoms. The van der Waals surface area contributed by atoms with Crippen LogP contribution in [-0.4, -0.2) is 14.8 Å². The SMILES string of the molecule is c1ccc(-c2ccc3c(c2)c(-c2cccc(-c4ccncc4)c2)nn3-c2ccccc2)cc1. The Bertz CT molecular complexity index is 1540. The molecule has 0 radical (unpaired) electrons. The largest absolute Gasteiger partial charge is 0.265 e. The number of para-hydroxylation sites is 1. The van der Waals surface area contributed by atoms with Crippen LogP contribution in [0, 0.1) is 0 Å². The van der Waals surface area contributed by atoms with Crippen molar-refractivity contribution in [1.82, 2.24) is 14.8 Å². The van der Waals surface area contributed by atoms with Crippen molar-refractivity contribution in [3.05, 3.63) is 128 Å². The Kier molecular flexibility index (Phi) is 4.78. The summed E-state index contributed by atoms with van der Waals surface area (Å²) in [6.07, 6.45) is 3.65. The van der Waals surface area contributed by atoms with E-state index in [4.69, 9.17) is 5.10 Å². The minimum Gasteiger partial charge on any atom is -0.265 e. The highest BCUT2D eigenvalue weighted by Crippen LogP contribution is 2.34. The Balaban J connectivity index is 1.58. The molecule has 0 N–H and O–H groups in total. The molecular formula is C30H21N3. The van der Waals surface area contributed by atoms with E-state index in [0.717, 1.165) is 39.0 Å². The van der Waals surface area contributed by atoms with E-state index in [9.17, 15) is 0 Å². The zero-order valence-electron chi connectivity index (χ0n) is 18.0. The zero-order valence-corrected chi connectivity index (χ0v) is 18.0. The van der Waals surface area contributed by atoms with Gasteiger partial charge in [0.1, 0.15) is 5.69 Å². The van der Waals surface area contributed by atoms with Crippen LogP contribution in [0.15, 0.2) is 128 Å². The van der Waals surface area contributed by atoms with Crippen molar-refractivity contribution in [3.63, 3.8) is 0 Å². The van der Waals surface area contributed by atoms with Gasteiger partial charge in [-0.3, -0.25) is 4.98 Å². The summed E-state index contributed by atoms with van der Waals surface area (Å²) in [6, 6.07) is 40.0. The minimum atomic E-state index is 0.975. The molecule has 156 valence electrons. The van der Waals surface area contributed by atoms with Crippen LogP contribution in [0.2, 0.25) is 0 Å². The Labute approximate surface area is 192 Å². The van der Waals surface area contributed by atoms with Gasteiger partial charge in [0.15, 0.2) is 0 Å². The maximum Gasteiger partial charge on any atom is 0.101 e. The number of rotatable bonds is 4. The van der Waals surface area contributed by atoms with E-state index in [0.29, 0.717) is 0 Å². The summed E-state index contributed by atoms with van der Waals surface area (Å²) < 4.78 is 2.04. The van der Waals surface area contributed by atoms with Crippen molar-refractivity contribution in [1.29, 1.82) is 0 Å². The molecule has 0 aliphatic heterocycles. The summed E-state index contributed by atoms with van der Waals surface area (Å²) in [5.41, 5.74) is 8.87. The lowest BCUT2D eigenvalue weighted by atomic mass is 9.99. The van der Waals surface area contributed by atoms with Crippen molar-refractivity contribution in [2.45, 2.75) is 0 Å². The van der Waals surface area contributed by atoms with E-state index in [1.165, 1.54) is 11.1 Å². The van der Waals surface area contributed by atoms with Crippen LogP contribution in [0.3, 0.4) is 0 Å². The van der Waals surface area contributed by atoms with E-state index in [2.05, 4.69) is 83.8 Å². The summed E-state index contributed by atoms with van der Waals surface area (Å²) in [5.74, 6) is 0. The highest BCUT2D eigenvalue weighted by molar-refractivity contribution is 5.97. The lowest BCUT2D eigenvalue weighted by Gasteiger charge is -2.05. The summed E-state index contributed by atoms with van der Waals surface area (Å²) in [4.78, 5) is 4.15. The highest BCUT2D eigenvalue weighted by atomic mass is 15.3. The van der Waals surface area contributed by atoms with Crippen molar-refractivity contribution in [2.24, 2.45) is 0 Å². The Morgan fingerprint density at radius 2 is 1.12 bits per heavy atom. The molecule has 2 aromatic heterocycles. The van der Waals surface area contributed by atoms with Gasteiger partial charge in [0.25, 0.3) is 0 Å². The molecule has 0 saturated carbocycles. The van der Waals surface area contributed by atoms with Gasteiger partial charge < -0.3 is 0 Å². The molecule has 2 heterocycles. The third-order valence-electron chi connectivity index (χ3n) is 5.94. The second-order valence-electron chi connectivity index (χ2n) is 8.01. The Hall–Kier alpha value is -4.50. The number of hydrogen-bond donors (Lipinski definition) is 0. The lowest BCUT2D eigenvalue weighted by Crippen LogP contribution is -1.95. The molecule has 4 aromatic carbocycles. The van der Waals surface area contributed by atoms with Gasteiger partial charge >= 0.3 is 0 Å². The van der Waals surface area contributed by atoms with E-state index in [-0.39, 0.29) is 0 Å². The number of benzene rings is 4. The fraction of sp³-hybridized carbons (Fsp3) is 0. The molecule has 0 bridgehead atoms. The van der Waals surface area contributed by atoms with E-state index in [1.807, 2.05) is 53.5 Å². The van der Waals surface area contributed by atoms with Crippen LogP contribution in [-0.2, 0) is 0 Å². The molecule has 3 nitrogen and oxygen atoms in total. The third-order valence-corrected chi connectivity index (χ3v) is 5.94. The number of aromatic nitrogens is 3. The van der Waals surface area contributed by atoms with Crippen molar-refractivity contribution in [2.75, 3.05) is 0 Å². The quantitative estimate of drug-likeness (QED) is 0.295. The lowest BCUT2D eigenvalue weighted by molar-refractivity contribution is 0.915. The molecular weight excluding hydrogens is 402 g/mol. The average Bonchev–Trinajstić information content (AvgIpc) is 3.29. The van der Waals surface area contributed by atoms with Crippen LogP contribution in [0.5, 0.6) is 0 Å². The van der Waals surface area contributed by atoms with Gasteiger partial charge in [-0.25, -0.2) is 4.68 Å². The highest BCUT2D eigenvalue weighted by Gasteiger charge is 2.15. The minimum absolute atomic E-state index is 0.975. The standard InChI is InChI=1S/C30H21N3/c1-3-8-22(9-4-1)25-14-15-29-28(21-25)30(32-33(29)27-12-5-2-6-13-27)26-11-7-10-24(20-26)23-16-18-31-19-17-23/h1-21H. The first kappa shape index (κ1) is 19.2. The van der Waals surface area contributed by atoms with E-state index < -0.39 is 0 Å². The molecule has 0 aliphatic carbocycles. The first-order chi connectivity index (χ1) is 16.4. The molecule has 6 rings (SSSR count). The number of fused-ring (bicyclic) bond motifs is 1. The van der Waals surface area contributed by atoms with Crippen molar-refractivity contribution >= 4 is 10.9 Å². The van der Waals surface area contributed by atoms with Gasteiger partial charge in [-0.2, -0.15) is 5.10 Å². The molecule has 3 heteroatoms. The first-order valence-electron chi connectivity index (χ1n) is 11.0. The molecule has 33 heavy (non-hydrogen) atoms. The maximum atomic E-state index is 5.10. The number of nitrogens with zero attached hydrogens (tertiary/aromatic N) is 3. The molecule has 0 atom stereocenters. The fourth-order valence-corrected chi connectivity index (χ4v) is 4.30. The van der Waals surface area contributed by atoms with Crippen LogP contribution in [0.25, 0.3) is 50.1 Å². The molecule has 0 unspecified atom stereocenters. The van der Waals surface area contributed by atoms with E-state index in [1.54, 1.807) is 0 Å². The van der Waals surface area contributed by atoms with Gasteiger partial charge in [0.2, 0.25) is 0 Å². The predicted octanol–water partition coefficient (Wildman–Crippen LogP) is 7.42. The van der Waals surface area contributed by atoms with Gasteiger partial charge in [0.05, 0.1) is 11.2 Å². The molecule has 0 saturated heterocycles. The fourth-order valence-electron chi connectivity index (χ4n) is 4.30. The molecule has 0 aliphatic rings. The molecule has 6 aromatic rings. The monoisotopic (exact) mass is 423 g/mol. The van der Waals surface area contributed by atoms with Gasteiger partial charge in [0, 0.05) is 23.3 Å². The second-order valence-corrected chi connectivity index (χ2v) is 8.01. The van der Waals surface area contributed by atoms with Crippen LogP contribution in [0.1, 0.15) is 0 Å².